The third kappa shape index (κ3) is 1.71. The largest absolute Gasteiger partial charge is 0.375 e. The van der Waals surface area contributed by atoms with E-state index in [1.54, 1.807) is 0 Å². The fraction of sp³-hybridized carbons (Fsp3) is 0.455. The predicted molar refractivity (Wildman–Crippen MR) is 64.5 cm³/mol. The Hall–Kier alpha value is -1.36. The van der Waals surface area contributed by atoms with E-state index in [2.05, 4.69) is 14.5 Å². The van der Waals surface area contributed by atoms with Crippen molar-refractivity contribution < 1.29 is 0 Å². The van der Waals surface area contributed by atoms with Crippen LogP contribution in [0, 0.1) is 0 Å². The second-order valence-electron chi connectivity index (χ2n) is 4.15. The lowest BCUT2D eigenvalue weighted by Crippen LogP contribution is -2.09. The molecule has 0 radical (unpaired) electrons. The third-order valence-corrected chi connectivity index (χ3v) is 3.73. The Balaban J connectivity index is 1.87. The Morgan fingerprint density at radius 2 is 2.25 bits per heavy atom. The van der Waals surface area contributed by atoms with E-state index in [1.165, 1.54) is 35.6 Å². The Labute approximate surface area is 98.1 Å². The van der Waals surface area contributed by atoms with Gasteiger partial charge in [-0.3, -0.25) is 0 Å². The molecule has 1 aliphatic carbocycles. The van der Waals surface area contributed by atoms with Crippen molar-refractivity contribution in [3.63, 3.8) is 0 Å². The number of nitrogens with zero attached hydrogens (tertiary/aromatic N) is 3. The van der Waals surface area contributed by atoms with Crippen LogP contribution in [0.3, 0.4) is 0 Å². The van der Waals surface area contributed by atoms with Crippen molar-refractivity contribution >= 4 is 16.5 Å². The average molecular weight is 234 g/mol. The number of aromatic nitrogens is 3. The van der Waals surface area contributed by atoms with Crippen molar-refractivity contribution in [2.75, 3.05) is 5.73 Å². The molecule has 0 saturated heterocycles. The summed E-state index contributed by atoms with van der Waals surface area (Å²) in [5, 5.41) is 2.66. The molecular weight excluding hydrogens is 220 g/mol. The first kappa shape index (κ1) is 9.84. The molecule has 0 amide bonds. The van der Waals surface area contributed by atoms with Gasteiger partial charge in [0.25, 0.3) is 0 Å². The van der Waals surface area contributed by atoms with Crippen molar-refractivity contribution in [1.82, 2.24) is 14.5 Å². The number of thiazole rings is 1. The molecule has 2 aromatic rings. The molecule has 0 saturated carbocycles. The second-order valence-corrected chi connectivity index (χ2v) is 5.04. The molecule has 0 aliphatic heterocycles. The number of hydrogen-bond acceptors (Lipinski definition) is 4. The Bertz CT molecular complexity index is 500. The first-order valence-corrected chi connectivity index (χ1v) is 6.43. The highest BCUT2D eigenvalue weighted by Crippen LogP contribution is 2.21. The van der Waals surface area contributed by atoms with Crippen molar-refractivity contribution in [2.45, 2.75) is 32.2 Å². The van der Waals surface area contributed by atoms with Crippen LogP contribution >= 0.6 is 11.3 Å². The Kier molecular flexibility index (Phi) is 2.40. The zero-order valence-electron chi connectivity index (χ0n) is 9.02. The van der Waals surface area contributed by atoms with E-state index in [0.717, 1.165) is 25.1 Å². The molecule has 2 aromatic heterocycles. The molecule has 0 fully saturated rings. The normalized spacial score (nSPS) is 15.0. The van der Waals surface area contributed by atoms with Crippen LogP contribution < -0.4 is 5.73 Å². The molecular formula is C11H14N4S. The fourth-order valence-corrected chi connectivity index (χ4v) is 2.79. The van der Waals surface area contributed by atoms with Crippen molar-refractivity contribution in [3.8, 4) is 0 Å². The number of nitrogen functional groups attached to an aromatic ring is 1. The SMILES string of the molecule is Nc1nc(Cn2cnc3c2CCCC3)cs1. The van der Waals surface area contributed by atoms with Crippen molar-refractivity contribution in [1.29, 1.82) is 0 Å². The van der Waals surface area contributed by atoms with Gasteiger partial charge in [0.05, 0.1) is 24.3 Å². The number of anilines is 1. The number of rotatable bonds is 2. The van der Waals surface area contributed by atoms with Gasteiger partial charge in [0, 0.05) is 11.1 Å². The summed E-state index contributed by atoms with van der Waals surface area (Å²) in [5.74, 6) is 0. The Morgan fingerprint density at radius 1 is 1.38 bits per heavy atom. The van der Waals surface area contributed by atoms with E-state index in [-0.39, 0.29) is 0 Å². The summed E-state index contributed by atoms with van der Waals surface area (Å²) >= 11 is 1.50. The first-order chi connectivity index (χ1) is 7.83. The predicted octanol–water partition coefficient (Wildman–Crippen LogP) is 1.85. The lowest BCUT2D eigenvalue weighted by molar-refractivity contribution is 0.626. The molecule has 0 unspecified atom stereocenters. The molecule has 5 heteroatoms. The maximum Gasteiger partial charge on any atom is 0.180 e. The van der Waals surface area contributed by atoms with Gasteiger partial charge in [-0.1, -0.05) is 0 Å². The summed E-state index contributed by atoms with van der Waals surface area (Å²) in [5.41, 5.74) is 9.32. The van der Waals surface area contributed by atoms with Gasteiger partial charge in [-0.25, -0.2) is 9.97 Å². The summed E-state index contributed by atoms with van der Waals surface area (Å²) < 4.78 is 2.21. The van der Waals surface area contributed by atoms with Crippen LogP contribution in [0.15, 0.2) is 11.7 Å². The number of hydrogen-bond donors (Lipinski definition) is 1. The molecule has 2 N–H and O–H groups in total. The van der Waals surface area contributed by atoms with E-state index in [4.69, 9.17) is 5.73 Å². The highest BCUT2D eigenvalue weighted by molar-refractivity contribution is 7.13. The second kappa shape index (κ2) is 3.90. The van der Waals surface area contributed by atoms with E-state index in [0.29, 0.717) is 5.13 Å². The van der Waals surface area contributed by atoms with E-state index in [9.17, 15) is 0 Å². The van der Waals surface area contributed by atoms with Crippen LogP contribution in [0.5, 0.6) is 0 Å². The smallest absolute Gasteiger partial charge is 0.180 e. The minimum absolute atomic E-state index is 0.643. The van der Waals surface area contributed by atoms with Crippen LogP contribution in [0.25, 0.3) is 0 Å². The summed E-state index contributed by atoms with van der Waals surface area (Å²) in [6, 6.07) is 0. The van der Waals surface area contributed by atoms with Gasteiger partial charge in [-0.2, -0.15) is 0 Å². The highest BCUT2D eigenvalue weighted by atomic mass is 32.1. The summed E-state index contributed by atoms with van der Waals surface area (Å²) in [6.07, 6.45) is 6.76. The van der Waals surface area contributed by atoms with Gasteiger partial charge in [0.15, 0.2) is 5.13 Å². The zero-order chi connectivity index (χ0) is 11.0. The molecule has 0 atom stereocenters. The molecule has 2 heterocycles. The first-order valence-electron chi connectivity index (χ1n) is 5.55. The third-order valence-electron chi connectivity index (χ3n) is 3.01. The number of fused-ring (bicyclic) bond motifs is 1. The quantitative estimate of drug-likeness (QED) is 0.862. The molecule has 3 rings (SSSR count). The summed E-state index contributed by atoms with van der Waals surface area (Å²) in [4.78, 5) is 8.75. The molecule has 0 aromatic carbocycles. The zero-order valence-corrected chi connectivity index (χ0v) is 9.83. The maximum absolute atomic E-state index is 5.63. The van der Waals surface area contributed by atoms with Gasteiger partial charge in [-0.05, 0) is 25.7 Å². The topological polar surface area (TPSA) is 56.7 Å². The van der Waals surface area contributed by atoms with Crippen molar-refractivity contribution in [3.05, 3.63) is 28.8 Å². The van der Waals surface area contributed by atoms with Gasteiger partial charge in [0.2, 0.25) is 0 Å². The molecule has 1 aliphatic rings. The average Bonchev–Trinajstić information content (AvgIpc) is 2.87. The van der Waals surface area contributed by atoms with Gasteiger partial charge in [0.1, 0.15) is 0 Å². The van der Waals surface area contributed by atoms with Gasteiger partial charge in [-0.15, -0.1) is 11.3 Å². The molecule has 0 bridgehead atoms. The van der Waals surface area contributed by atoms with E-state index >= 15 is 0 Å². The number of nitrogens with two attached hydrogens (primary N) is 1. The van der Waals surface area contributed by atoms with Crippen LogP contribution in [0.1, 0.15) is 29.9 Å². The summed E-state index contributed by atoms with van der Waals surface area (Å²) in [6.45, 7) is 0.802. The van der Waals surface area contributed by atoms with Gasteiger partial charge < -0.3 is 10.3 Å². The maximum atomic E-state index is 5.63. The molecule has 0 spiro atoms. The Morgan fingerprint density at radius 3 is 3.06 bits per heavy atom. The minimum atomic E-state index is 0.643. The minimum Gasteiger partial charge on any atom is -0.375 e. The molecule has 84 valence electrons. The van der Waals surface area contributed by atoms with E-state index < -0.39 is 0 Å². The number of imidazole rings is 1. The van der Waals surface area contributed by atoms with Crippen LogP contribution in [0.2, 0.25) is 0 Å². The van der Waals surface area contributed by atoms with Crippen LogP contribution in [-0.2, 0) is 19.4 Å². The fourth-order valence-electron chi connectivity index (χ4n) is 2.24. The van der Waals surface area contributed by atoms with Crippen molar-refractivity contribution in [2.24, 2.45) is 0 Å². The summed E-state index contributed by atoms with van der Waals surface area (Å²) in [7, 11) is 0. The lowest BCUT2D eigenvalue weighted by atomic mass is 10.0. The number of aryl methyl sites for hydroxylation is 1. The van der Waals surface area contributed by atoms with Crippen LogP contribution in [-0.4, -0.2) is 14.5 Å². The van der Waals surface area contributed by atoms with Gasteiger partial charge >= 0.3 is 0 Å². The molecule has 4 nitrogen and oxygen atoms in total. The van der Waals surface area contributed by atoms with Crippen LogP contribution in [0.4, 0.5) is 5.13 Å². The monoisotopic (exact) mass is 234 g/mol. The van der Waals surface area contributed by atoms with E-state index in [1.807, 2.05) is 11.7 Å². The standard InChI is InChI=1S/C11H14N4S/c12-11-14-8(6-16-11)5-15-7-13-9-3-1-2-4-10(9)15/h6-7H,1-5H2,(H2,12,14). The lowest BCUT2D eigenvalue weighted by Gasteiger charge is -2.13. The highest BCUT2D eigenvalue weighted by Gasteiger charge is 2.15. The molecule has 16 heavy (non-hydrogen) atoms.